The van der Waals surface area contributed by atoms with Crippen molar-refractivity contribution in [2.75, 3.05) is 32.8 Å². The van der Waals surface area contributed by atoms with Crippen LogP contribution in [0.5, 0.6) is 0 Å². The molecule has 0 radical (unpaired) electrons. The van der Waals surface area contributed by atoms with Gasteiger partial charge in [-0.2, -0.15) is 0 Å². The highest BCUT2D eigenvalue weighted by Crippen LogP contribution is 2.16. The summed E-state index contributed by atoms with van der Waals surface area (Å²) in [5.74, 6) is 0. The summed E-state index contributed by atoms with van der Waals surface area (Å²) in [6.07, 6.45) is 2.25. The Balaban J connectivity index is 1.74. The Morgan fingerprint density at radius 2 is 2.59 bits per heavy atom. The Morgan fingerprint density at radius 3 is 3.29 bits per heavy atom. The number of likely N-dealkylation sites (N-methyl/N-ethyl adjacent to an activating group) is 1. The minimum absolute atomic E-state index is 0.319. The monoisotopic (exact) mass is 255 g/mol. The molecule has 2 rings (SSSR count). The molecular weight excluding hydrogens is 234 g/mol. The number of nitrogens with zero attached hydrogens (tertiary/aromatic N) is 2. The topological polar surface area (TPSA) is 37.4 Å². The van der Waals surface area contributed by atoms with Crippen LogP contribution >= 0.6 is 11.3 Å². The normalized spacial score (nSPS) is 23.8. The largest absolute Gasteiger partial charge is 0.374 e. The van der Waals surface area contributed by atoms with E-state index in [0.717, 1.165) is 32.8 Å². The zero-order chi connectivity index (χ0) is 12.1. The molecule has 2 atom stereocenters. The van der Waals surface area contributed by atoms with Gasteiger partial charge in [0.1, 0.15) is 0 Å². The molecule has 0 saturated carbocycles. The maximum absolute atomic E-state index is 5.76. The molecule has 0 aliphatic carbocycles. The van der Waals surface area contributed by atoms with E-state index >= 15 is 0 Å². The lowest BCUT2D eigenvalue weighted by Gasteiger charge is -2.32. The van der Waals surface area contributed by atoms with Crippen LogP contribution in [0.3, 0.4) is 0 Å². The van der Waals surface area contributed by atoms with E-state index in [9.17, 15) is 0 Å². The first kappa shape index (κ1) is 13.0. The molecule has 1 aliphatic heterocycles. The van der Waals surface area contributed by atoms with E-state index in [1.165, 1.54) is 4.88 Å². The number of morpholine rings is 1. The smallest absolute Gasteiger partial charge is 0.0826 e. The van der Waals surface area contributed by atoms with Gasteiger partial charge in [0, 0.05) is 36.8 Å². The summed E-state index contributed by atoms with van der Waals surface area (Å²) in [6.45, 7) is 9.37. The van der Waals surface area contributed by atoms with Gasteiger partial charge in [-0.3, -0.25) is 9.88 Å². The second-order valence-electron chi connectivity index (χ2n) is 4.42. The van der Waals surface area contributed by atoms with Crippen LogP contribution in [-0.4, -0.2) is 48.8 Å². The molecule has 4 nitrogen and oxygen atoms in total. The third-order valence-electron chi connectivity index (χ3n) is 3.20. The standard InChI is InChI=1S/C12H21N3OS/c1-3-15-4-5-16-11(8-15)6-14-10(2)12-7-13-9-17-12/h7,9-11,14H,3-6,8H2,1-2H3. The molecule has 1 N–H and O–H groups in total. The zero-order valence-corrected chi connectivity index (χ0v) is 11.4. The molecule has 17 heavy (non-hydrogen) atoms. The Hall–Kier alpha value is -0.490. The van der Waals surface area contributed by atoms with E-state index < -0.39 is 0 Å². The van der Waals surface area contributed by atoms with Gasteiger partial charge in [-0.25, -0.2) is 0 Å². The van der Waals surface area contributed by atoms with Crippen molar-refractivity contribution in [3.63, 3.8) is 0 Å². The number of aromatic nitrogens is 1. The van der Waals surface area contributed by atoms with Crippen LogP contribution in [0.25, 0.3) is 0 Å². The van der Waals surface area contributed by atoms with Crippen molar-refractivity contribution in [3.05, 3.63) is 16.6 Å². The van der Waals surface area contributed by atoms with Gasteiger partial charge in [0.05, 0.1) is 18.2 Å². The lowest BCUT2D eigenvalue weighted by atomic mass is 10.2. The van der Waals surface area contributed by atoms with Gasteiger partial charge in [0.15, 0.2) is 0 Å². The predicted octanol–water partition coefficient (Wildman–Crippen LogP) is 1.51. The average Bonchev–Trinajstić information content (AvgIpc) is 2.90. The number of thiazole rings is 1. The molecule has 0 bridgehead atoms. The first-order valence-electron chi connectivity index (χ1n) is 6.25. The lowest BCUT2D eigenvalue weighted by molar-refractivity contribution is -0.0261. The summed E-state index contributed by atoms with van der Waals surface area (Å²) in [6, 6.07) is 0.364. The summed E-state index contributed by atoms with van der Waals surface area (Å²) >= 11 is 1.70. The van der Waals surface area contributed by atoms with Gasteiger partial charge in [-0.15, -0.1) is 11.3 Å². The fraction of sp³-hybridized carbons (Fsp3) is 0.750. The summed E-state index contributed by atoms with van der Waals surface area (Å²) in [5.41, 5.74) is 1.88. The average molecular weight is 255 g/mol. The van der Waals surface area contributed by atoms with Crippen LogP contribution in [0.4, 0.5) is 0 Å². The van der Waals surface area contributed by atoms with Crippen LogP contribution in [0.2, 0.25) is 0 Å². The molecule has 1 aromatic rings. The summed E-state index contributed by atoms with van der Waals surface area (Å²) in [7, 11) is 0. The fourth-order valence-corrected chi connectivity index (χ4v) is 2.69. The van der Waals surface area contributed by atoms with Crippen LogP contribution < -0.4 is 5.32 Å². The Morgan fingerprint density at radius 1 is 1.71 bits per heavy atom. The second-order valence-corrected chi connectivity index (χ2v) is 5.34. The first-order valence-corrected chi connectivity index (χ1v) is 7.13. The molecular formula is C12H21N3OS. The molecule has 0 amide bonds. The molecule has 2 heterocycles. The highest BCUT2D eigenvalue weighted by atomic mass is 32.1. The van der Waals surface area contributed by atoms with E-state index in [2.05, 4.69) is 29.0 Å². The number of rotatable bonds is 5. The number of hydrogen-bond donors (Lipinski definition) is 1. The molecule has 1 saturated heterocycles. The number of hydrogen-bond acceptors (Lipinski definition) is 5. The Bertz CT molecular complexity index is 318. The molecule has 0 aromatic carbocycles. The molecule has 96 valence electrons. The van der Waals surface area contributed by atoms with Crippen LogP contribution in [0.15, 0.2) is 11.7 Å². The summed E-state index contributed by atoms with van der Waals surface area (Å²) in [4.78, 5) is 7.83. The molecule has 1 fully saturated rings. The van der Waals surface area contributed by atoms with Crippen LogP contribution in [0, 0.1) is 0 Å². The second kappa shape index (κ2) is 6.44. The van der Waals surface area contributed by atoms with E-state index in [4.69, 9.17) is 4.74 Å². The third kappa shape index (κ3) is 3.74. The van der Waals surface area contributed by atoms with Crippen molar-refractivity contribution in [2.45, 2.75) is 26.0 Å². The number of nitrogens with one attached hydrogen (secondary N) is 1. The minimum Gasteiger partial charge on any atom is -0.374 e. The summed E-state index contributed by atoms with van der Waals surface area (Å²) in [5, 5.41) is 3.52. The van der Waals surface area contributed by atoms with E-state index in [-0.39, 0.29) is 0 Å². The maximum atomic E-state index is 5.76. The minimum atomic E-state index is 0.319. The van der Waals surface area contributed by atoms with Crippen molar-refractivity contribution in [1.82, 2.24) is 15.2 Å². The van der Waals surface area contributed by atoms with E-state index in [0.29, 0.717) is 12.1 Å². The zero-order valence-electron chi connectivity index (χ0n) is 10.6. The van der Waals surface area contributed by atoms with Gasteiger partial charge in [0.25, 0.3) is 0 Å². The van der Waals surface area contributed by atoms with Crippen molar-refractivity contribution in [1.29, 1.82) is 0 Å². The lowest BCUT2D eigenvalue weighted by Crippen LogP contribution is -2.46. The van der Waals surface area contributed by atoms with Crippen molar-refractivity contribution < 1.29 is 4.74 Å². The van der Waals surface area contributed by atoms with E-state index in [1.54, 1.807) is 11.3 Å². The third-order valence-corrected chi connectivity index (χ3v) is 4.16. The predicted molar refractivity (Wildman–Crippen MR) is 70.4 cm³/mol. The highest BCUT2D eigenvalue weighted by Gasteiger charge is 2.19. The first-order chi connectivity index (χ1) is 8.29. The SMILES string of the molecule is CCN1CCOC(CNC(C)c2cncs2)C1. The van der Waals surface area contributed by atoms with Gasteiger partial charge < -0.3 is 10.1 Å². The van der Waals surface area contributed by atoms with Crippen molar-refractivity contribution in [3.8, 4) is 0 Å². The van der Waals surface area contributed by atoms with Gasteiger partial charge in [-0.1, -0.05) is 6.92 Å². The molecule has 1 aliphatic rings. The van der Waals surface area contributed by atoms with E-state index in [1.807, 2.05) is 11.7 Å². The quantitative estimate of drug-likeness (QED) is 0.865. The van der Waals surface area contributed by atoms with Crippen LogP contribution in [0.1, 0.15) is 24.8 Å². The maximum Gasteiger partial charge on any atom is 0.0826 e. The van der Waals surface area contributed by atoms with Crippen LogP contribution in [-0.2, 0) is 4.74 Å². The Labute approximate surface area is 107 Å². The summed E-state index contributed by atoms with van der Waals surface area (Å²) < 4.78 is 5.76. The van der Waals surface area contributed by atoms with Crippen molar-refractivity contribution in [2.24, 2.45) is 0 Å². The molecule has 5 heteroatoms. The molecule has 0 spiro atoms. The highest BCUT2D eigenvalue weighted by molar-refractivity contribution is 7.09. The van der Waals surface area contributed by atoms with Gasteiger partial charge >= 0.3 is 0 Å². The van der Waals surface area contributed by atoms with Gasteiger partial charge in [-0.05, 0) is 13.5 Å². The molecule has 1 aromatic heterocycles. The molecule has 2 unspecified atom stereocenters. The Kier molecular flexibility index (Phi) is 4.91. The van der Waals surface area contributed by atoms with Gasteiger partial charge in [0.2, 0.25) is 0 Å². The van der Waals surface area contributed by atoms with Crippen molar-refractivity contribution >= 4 is 11.3 Å². The fourth-order valence-electron chi connectivity index (χ4n) is 2.04. The number of ether oxygens (including phenoxy) is 1.